The van der Waals surface area contributed by atoms with Crippen molar-refractivity contribution in [1.29, 1.82) is 0 Å². The van der Waals surface area contributed by atoms with Gasteiger partial charge in [0.2, 0.25) is 0 Å². The first-order valence-electron chi connectivity index (χ1n) is 5.19. The Balaban J connectivity index is 1.85. The van der Waals surface area contributed by atoms with Gasteiger partial charge in [-0.25, -0.2) is 4.98 Å². The number of hydrogen-bond donors (Lipinski definition) is 1. The third-order valence-corrected chi connectivity index (χ3v) is 3.94. The molecular formula is C11H16N2S. The minimum Gasteiger partial charge on any atom is -0.384 e. The summed E-state index contributed by atoms with van der Waals surface area (Å²) in [5.74, 6) is 2.79. The van der Waals surface area contributed by atoms with Gasteiger partial charge in [-0.3, -0.25) is 0 Å². The number of nitrogen functional groups attached to an aromatic ring is 1. The lowest BCUT2D eigenvalue weighted by molar-refractivity contribution is 0.623. The number of rotatable bonds is 3. The van der Waals surface area contributed by atoms with E-state index >= 15 is 0 Å². The van der Waals surface area contributed by atoms with E-state index in [0.29, 0.717) is 5.82 Å². The lowest BCUT2D eigenvalue weighted by Gasteiger charge is -2.07. The van der Waals surface area contributed by atoms with E-state index in [1.807, 2.05) is 23.9 Å². The van der Waals surface area contributed by atoms with Crippen molar-refractivity contribution in [3.8, 4) is 0 Å². The Hall–Kier alpha value is -0.700. The molecule has 0 radical (unpaired) electrons. The molecule has 2 rings (SSSR count). The fourth-order valence-electron chi connectivity index (χ4n) is 1.91. The molecule has 1 aliphatic rings. The van der Waals surface area contributed by atoms with Gasteiger partial charge >= 0.3 is 0 Å². The van der Waals surface area contributed by atoms with Crippen LogP contribution in [0.2, 0.25) is 0 Å². The van der Waals surface area contributed by atoms with Crippen LogP contribution in [0.25, 0.3) is 0 Å². The molecule has 1 heterocycles. The Bertz CT molecular complexity index is 295. The molecule has 0 saturated heterocycles. The summed E-state index contributed by atoms with van der Waals surface area (Å²) in [5, 5.41) is 0. The molecule has 1 aliphatic carbocycles. The van der Waals surface area contributed by atoms with Crippen molar-refractivity contribution >= 4 is 17.6 Å². The molecule has 2 nitrogen and oxygen atoms in total. The first-order valence-corrected chi connectivity index (χ1v) is 6.17. The SMILES string of the molecule is Nc1cc(SCC2CCCC2)ccn1. The van der Waals surface area contributed by atoms with E-state index in [2.05, 4.69) is 4.98 Å². The van der Waals surface area contributed by atoms with Crippen molar-refractivity contribution in [2.24, 2.45) is 5.92 Å². The number of nitrogens with zero attached hydrogens (tertiary/aromatic N) is 1. The van der Waals surface area contributed by atoms with Crippen LogP contribution in [0.5, 0.6) is 0 Å². The lowest BCUT2D eigenvalue weighted by Crippen LogP contribution is -1.96. The van der Waals surface area contributed by atoms with E-state index in [1.165, 1.54) is 36.3 Å². The predicted octanol–water partition coefficient (Wildman–Crippen LogP) is 2.95. The van der Waals surface area contributed by atoms with Crippen LogP contribution in [0.15, 0.2) is 23.2 Å². The second kappa shape index (κ2) is 4.69. The van der Waals surface area contributed by atoms with Gasteiger partial charge in [0.15, 0.2) is 0 Å². The zero-order valence-electron chi connectivity index (χ0n) is 8.28. The van der Waals surface area contributed by atoms with Gasteiger partial charge < -0.3 is 5.73 Å². The van der Waals surface area contributed by atoms with Crippen LogP contribution in [0, 0.1) is 5.92 Å². The number of anilines is 1. The number of aromatic nitrogens is 1. The van der Waals surface area contributed by atoms with Crippen LogP contribution in [-0.2, 0) is 0 Å². The van der Waals surface area contributed by atoms with Crippen LogP contribution in [-0.4, -0.2) is 10.7 Å². The average molecular weight is 208 g/mol. The third-order valence-electron chi connectivity index (χ3n) is 2.71. The molecule has 3 heteroatoms. The zero-order chi connectivity index (χ0) is 9.80. The van der Waals surface area contributed by atoms with Gasteiger partial charge in [0.05, 0.1) is 0 Å². The Labute approximate surface area is 89.3 Å². The molecule has 0 spiro atoms. The summed E-state index contributed by atoms with van der Waals surface area (Å²) < 4.78 is 0. The molecule has 14 heavy (non-hydrogen) atoms. The molecule has 1 aromatic heterocycles. The molecule has 0 atom stereocenters. The number of pyridine rings is 1. The van der Waals surface area contributed by atoms with E-state index < -0.39 is 0 Å². The normalized spacial score (nSPS) is 17.4. The van der Waals surface area contributed by atoms with E-state index in [4.69, 9.17) is 5.73 Å². The maximum Gasteiger partial charge on any atom is 0.124 e. The van der Waals surface area contributed by atoms with Crippen molar-refractivity contribution in [1.82, 2.24) is 4.98 Å². The van der Waals surface area contributed by atoms with Crippen LogP contribution < -0.4 is 5.73 Å². The number of hydrogen-bond acceptors (Lipinski definition) is 3. The highest BCUT2D eigenvalue weighted by molar-refractivity contribution is 7.99. The van der Waals surface area contributed by atoms with E-state index in [1.54, 1.807) is 6.20 Å². The summed E-state index contributed by atoms with van der Waals surface area (Å²) in [5.41, 5.74) is 5.62. The predicted molar refractivity (Wildman–Crippen MR) is 61.3 cm³/mol. The van der Waals surface area contributed by atoms with Gasteiger partial charge in [-0.1, -0.05) is 12.8 Å². The maximum atomic E-state index is 5.62. The Morgan fingerprint density at radius 1 is 1.43 bits per heavy atom. The van der Waals surface area contributed by atoms with Crippen molar-refractivity contribution in [2.75, 3.05) is 11.5 Å². The smallest absolute Gasteiger partial charge is 0.124 e. The van der Waals surface area contributed by atoms with Crippen molar-refractivity contribution < 1.29 is 0 Å². The molecule has 0 unspecified atom stereocenters. The molecular weight excluding hydrogens is 192 g/mol. The average Bonchev–Trinajstić information content (AvgIpc) is 2.67. The first-order chi connectivity index (χ1) is 6.84. The quantitative estimate of drug-likeness (QED) is 0.776. The summed E-state index contributed by atoms with van der Waals surface area (Å²) in [6.45, 7) is 0. The summed E-state index contributed by atoms with van der Waals surface area (Å²) in [6.07, 6.45) is 7.45. The summed E-state index contributed by atoms with van der Waals surface area (Å²) >= 11 is 1.91. The topological polar surface area (TPSA) is 38.9 Å². The van der Waals surface area contributed by atoms with Gasteiger partial charge in [-0.2, -0.15) is 0 Å². The zero-order valence-corrected chi connectivity index (χ0v) is 9.09. The van der Waals surface area contributed by atoms with E-state index in [9.17, 15) is 0 Å². The van der Waals surface area contributed by atoms with Gasteiger partial charge in [-0.15, -0.1) is 11.8 Å². The standard InChI is InChI=1S/C11H16N2S/c12-11-7-10(5-6-13-11)14-8-9-3-1-2-4-9/h5-7,9H,1-4,8H2,(H2,12,13). The van der Waals surface area contributed by atoms with Crippen molar-refractivity contribution in [3.05, 3.63) is 18.3 Å². The monoisotopic (exact) mass is 208 g/mol. The highest BCUT2D eigenvalue weighted by atomic mass is 32.2. The Morgan fingerprint density at radius 2 is 2.21 bits per heavy atom. The molecule has 2 N–H and O–H groups in total. The van der Waals surface area contributed by atoms with Gasteiger partial charge in [0.1, 0.15) is 5.82 Å². The molecule has 0 bridgehead atoms. The highest BCUT2D eigenvalue weighted by Gasteiger charge is 2.14. The fraction of sp³-hybridized carbons (Fsp3) is 0.545. The second-order valence-electron chi connectivity index (χ2n) is 3.88. The fourth-order valence-corrected chi connectivity index (χ4v) is 3.03. The maximum absolute atomic E-state index is 5.62. The molecule has 1 fully saturated rings. The first kappa shape index (κ1) is 9.84. The molecule has 0 aromatic carbocycles. The molecule has 1 aromatic rings. The molecule has 0 aliphatic heterocycles. The molecule has 0 amide bonds. The number of nitrogens with two attached hydrogens (primary N) is 1. The highest BCUT2D eigenvalue weighted by Crippen LogP contribution is 2.30. The Morgan fingerprint density at radius 3 is 2.93 bits per heavy atom. The summed E-state index contributed by atoms with van der Waals surface area (Å²) in [6, 6.07) is 4.00. The molecule has 76 valence electrons. The van der Waals surface area contributed by atoms with Gasteiger partial charge in [0, 0.05) is 16.8 Å². The summed E-state index contributed by atoms with van der Waals surface area (Å²) in [7, 11) is 0. The van der Waals surface area contributed by atoms with Crippen LogP contribution >= 0.6 is 11.8 Å². The minimum atomic E-state index is 0.626. The van der Waals surface area contributed by atoms with Crippen LogP contribution in [0.3, 0.4) is 0 Å². The second-order valence-corrected chi connectivity index (χ2v) is 4.97. The Kier molecular flexibility index (Phi) is 3.30. The van der Waals surface area contributed by atoms with Crippen LogP contribution in [0.1, 0.15) is 25.7 Å². The van der Waals surface area contributed by atoms with Crippen molar-refractivity contribution in [3.63, 3.8) is 0 Å². The van der Waals surface area contributed by atoms with Crippen LogP contribution in [0.4, 0.5) is 5.82 Å². The number of thioether (sulfide) groups is 1. The third kappa shape index (κ3) is 2.64. The van der Waals surface area contributed by atoms with E-state index in [0.717, 1.165) is 5.92 Å². The van der Waals surface area contributed by atoms with Gasteiger partial charge in [0.25, 0.3) is 0 Å². The van der Waals surface area contributed by atoms with Crippen molar-refractivity contribution in [2.45, 2.75) is 30.6 Å². The molecule has 1 saturated carbocycles. The lowest BCUT2D eigenvalue weighted by atomic mass is 10.1. The van der Waals surface area contributed by atoms with E-state index in [-0.39, 0.29) is 0 Å². The van der Waals surface area contributed by atoms with Gasteiger partial charge in [-0.05, 0) is 30.9 Å². The minimum absolute atomic E-state index is 0.626. The largest absolute Gasteiger partial charge is 0.384 e. The summed E-state index contributed by atoms with van der Waals surface area (Å²) in [4.78, 5) is 5.24.